The highest BCUT2D eigenvalue weighted by Crippen LogP contribution is 2.44. The van der Waals surface area contributed by atoms with Gasteiger partial charge in [0.15, 0.2) is 11.2 Å². The molecule has 1 aromatic carbocycles. The topological polar surface area (TPSA) is 101 Å². The summed E-state index contributed by atoms with van der Waals surface area (Å²) in [7, 11) is 1.71. The van der Waals surface area contributed by atoms with Crippen LogP contribution >= 0.6 is 11.6 Å². The van der Waals surface area contributed by atoms with E-state index < -0.39 is 11.6 Å². The summed E-state index contributed by atoms with van der Waals surface area (Å²) in [6.07, 6.45) is 4.13. The van der Waals surface area contributed by atoms with E-state index in [9.17, 15) is 14.0 Å². The van der Waals surface area contributed by atoms with Crippen molar-refractivity contribution >= 4 is 22.8 Å². The monoisotopic (exact) mass is 430 g/mol. The Morgan fingerprint density at radius 1 is 1.23 bits per heavy atom. The lowest BCUT2D eigenvalue weighted by molar-refractivity contribution is 0.232. The zero-order chi connectivity index (χ0) is 21.0. The van der Waals surface area contributed by atoms with Crippen LogP contribution in [0.3, 0.4) is 0 Å². The fraction of sp³-hybridized carbons (Fsp3) is 0.316. The van der Waals surface area contributed by atoms with Crippen molar-refractivity contribution in [3.05, 3.63) is 74.1 Å². The highest BCUT2D eigenvalue weighted by Gasteiger charge is 2.34. The lowest BCUT2D eigenvalue weighted by Gasteiger charge is -2.34. The van der Waals surface area contributed by atoms with Crippen molar-refractivity contribution in [3.63, 3.8) is 0 Å². The molecular formula is C19H16ClFN6O3. The quantitative estimate of drug-likeness (QED) is 0.492. The largest absolute Gasteiger partial charge is 0.437 e. The first-order valence-corrected chi connectivity index (χ1v) is 9.68. The molecular weight excluding hydrogens is 415 g/mol. The van der Waals surface area contributed by atoms with Crippen LogP contribution in [-0.4, -0.2) is 28.9 Å². The second kappa shape index (κ2) is 6.91. The van der Waals surface area contributed by atoms with Crippen molar-refractivity contribution in [2.24, 2.45) is 7.05 Å². The van der Waals surface area contributed by atoms with Gasteiger partial charge in [0.05, 0.1) is 17.4 Å². The summed E-state index contributed by atoms with van der Waals surface area (Å²) in [4.78, 5) is 33.1. The number of fused-ring (bicyclic) bond motifs is 1. The first-order chi connectivity index (χ1) is 14.4. The van der Waals surface area contributed by atoms with Gasteiger partial charge in [0.25, 0.3) is 5.56 Å². The first-order valence-electron chi connectivity index (χ1n) is 9.30. The third kappa shape index (κ3) is 3.04. The predicted octanol–water partition coefficient (Wildman–Crippen LogP) is 2.24. The van der Waals surface area contributed by atoms with Crippen LogP contribution in [0.4, 0.5) is 4.39 Å². The van der Waals surface area contributed by atoms with Crippen LogP contribution in [0.25, 0.3) is 11.2 Å². The molecule has 1 aliphatic rings. The minimum atomic E-state index is -0.585. The van der Waals surface area contributed by atoms with E-state index >= 15 is 0 Å². The number of nitrogens with zero attached hydrogens (tertiary/aromatic N) is 6. The van der Waals surface area contributed by atoms with Crippen LogP contribution in [0, 0.1) is 5.82 Å². The van der Waals surface area contributed by atoms with Gasteiger partial charge in [-0.25, -0.2) is 19.2 Å². The molecule has 0 saturated heterocycles. The molecule has 0 spiro atoms. The molecule has 0 aliphatic heterocycles. The lowest BCUT2D eigenvalue weighted by atomic mass is 9.76. The van der Waals surface area contributed by atoms with Crippen molar-refractivity contribution in [1.29, 1.82) is 0 Å². The molecule has 1 saturated carbocycles. The fourth-order valence-corrected chi connectivity index (χ4v) is 3.90. The van der Waals surface area contributed by atoms with Crippen molar-refractivity contribution in [2.45, 2.75) is 31.3 Å². The lowest BCUT2D eigenvalue weighted by Crippen LogP contribution is -2.32. The van der Waals surface area contributed by atoms with E-state index in [1.165, 1.54) is 34.0 Å². The van der Waals surface area contributed by atoms with Gasteiger partial charge < -0.3 is 8.98 Å². The maximum absolute atomic E-state index is 13.7. The van der Waals surface area contributed by atoms with Crippen LogP contribution in [0.2, 0.25) is 5.02 Å². The Balaban J connectivity index is 1.34. The third-order valence-electron chi connectivity index (χ3n) is 5.49. The maximum Gasteiger partial charge on any atom is 0.437 e. The Bertz CT molecular complexity index is 1380. The van der Waals surface area contributed by atoms with E-state index in [0.29, 0.717) is 24.0 Å². The molecule has 0 N–H and O–H groups in total. The average Bonchev–Trinajstić information content (AvgIpc) is 3.22. The summed E-state index contributed by atoms with van der Waals surface area (Å²) in [5.41, 5.74) is 1.25. The molecule has 3 aromatic heterocycles. The van der Waals surface area contributed by atoms with Crippen molar-refractivity contribution in [3.8, 4) is 0 Å². The van der Waals surface area contributed by atoms with Gasteiger partial charge in [-0.05, 0) is 36.5 Å². The summed E-state index contributed by atoms with van der Waals surface area (Å²) in [6.45, 7) is -0.0201. The van der Waals surface area contributed by atoms with Crippen LogP contribution in [0.5, 0.6) is 0 Å². The van der Waals surface area contributed by atoms with Crippen LogP contribution in [0.15, 0.2) is 44.9 Å². The number of halogens is 2. The highest BCUT2D eigenvalue weighted by molar-refractivity contribution is 6.30. The number of benzene rings is 1. The predicted molar refractivity (Wildman–Crippen MR) is 105 cm³/mol. The van der Waals surface area contributed by atoms with Crippen molar-refractivity contribution < 1.29 is 8.81 Å². The normalized spacial score (nSPS) is 18.6. The Labute approximate surface area is 173 Å². The average molecular weight is 431 g/mol. The molecule has 0 unspecified atom stereocenters. The molecule has 30 heavy (non-hydrogen) atoms. The molecule has 0 atom stereocenters. The van der Waals surface area contributed by atoms with E-state index in [1.807, 2.05) is 0 Å². The second-order valence-corrected chi connectivity index (χ2v) is 7.81. The summed E-state index contributed by atoms with van der Waals surface area (Å²) < 4.78 is 23.1. The SMILES string of the molecule is Cn1cnc2ncn(Cc3nn(C4CC(c5ccc(Cl)c(F)c5)C4)c(=O)o3)c(=O)c21. The van der Waals surface area contributed by atoms with Crippen LogP contribution in [0.1, 0.15) is 36.3 Å². The summed E-state index contributed by atoms with van der Waals surface area (Å²) in [5, 5.41) is 4.33. The fourth-order valence-electron chi connectivity index (χ4n) is 3.78. The molecule has 3 heterocycles. The Hall–Kier alpha value is -3.27. The molecule has 0 amide bonds. The van der Waals surface area contributed by atoms with E-state index in [0.717, 1.165) is 5.56 Å². The molecule has 1 fully saturated rings. The Morgan fingerprint density at radius 2 is 2.00 bits per heavy atom. The minimum absolute atomic E-state index is 0.0201. The van der Waals surface area contributed by atoms with Gasteiger partial charge >= 0.3 is 5.76 Å². The van der Waals surface area contributed by atoms with Gasteiger partial charge in [0, 0.05) is 7.05 Å². The number of hydrogen-bond donors (Lipinski definition) is 0. The van der Waals surface area contributed by atoms with Crippen LogP contribution in [-0.2, 0) is 13.6 Å². The van der Waals surface area contributed by atoms with E-state index in [2.05, 4.69) is 15.1 Å². The standard InChI is InChI=1S/C19H16ClFN6O3/c1-25-8-22-17-16(25)18(28)26(9-23-17)7-15-24-27(19(29)30-15)12-4-11(5-12)10-2-3-13(20)14(21)6-10/h2-3,6,8-9,11-12H,4-5,7H2,1H3. The zero-order valence-corrected chi connectivity index (χ0v) is 16.6. The summed E-state index contributed by atoms with van der Waals surface area (Å²) in [5.74, 6) is -0.805. The van der Waals surface area contributed by atoms with Gasteiger partial charge in [-0.2, -0.15) is 4.68 Å². The van der Waals surface area contributed by atoms with Crippen molar-refractivity contribution in [1.82, 2.24) is 28.9 Å². The third-order valence-corrected chi connectivity index (χ3v) is 5.80. The maximum atomic E-state index is 13.7. The number of aryl methyl sites for hydroxylation is 1. The molecule has 0 radical (unpaired) electrons. The zero-order valence-electron chi connectivity index (χ0n) is 15.8. The minimum Gasteiger partial charge on any atom is -0.390 e. The number of imidazole rings is 1. The van der Waals surface area contributed by atoms with Gasteiger partial charge in [0.1, 0.15) is 18.7 Å². The van der Waals surface area contributed by atoms with Gasteiger partial charge in [0.2, 0.25) is 5.89 Å². The van der Waals surface area contributed by atoms with Gasteiger partial charge in [-0.1, -0.05) is 17.7 Å². The van der Waals surface area contributed by atoms with E-state index in [-0.39, 0.29) is 35.0 Å². The number of aromatic nitrogens is 6. The van der Waals surface area contributed by atoms with E-state index in [1.54, 1.807) is 17.7 Å². The van der Waals surface area contributed by atoms with Gasteiger partial charge in [-0.15, -0.1) is 5.10 Å². The Kier molecular flexibility index (Phi) is 4.31. The first kappa shape index (κ1) is 18.7. The summed E-state index contributed by atoms with van der Waals surface area (Å²) >= 11 is 5.73. The molecule has 0 bridgehead atoms. The number of hydrogen-bond acceptors (Lipinski definition) is 6. The second-order valence-electron chi connectivity index (χ2n) is 7.41. The highest BCUT2D eigenvalue weighted by atomic mass is 35.5. The molecule has 11 heteroatoms. The number of rotatable bonds is 4. The molecule has 9 nitrogen and oxygen atoms in total. The smallest absolute Gasteiger partial charge is 0.390 e. The van der Waals surface area contributed by atoms with E-state index in [4.69, 9.17) is 16.0 Å². The summed E-state index contributed by atoms with van der Waals surface area (Å²) in [6, 6.07) is 4.60. The molecule has 1 aliphatic carbocycles. The Morgan fingerprint density at radius 3 is 2.77 bits per heavy atom. The van der Waals surface area contributed by atoms with Crippen LogP contribution < -0.4 is 11.3 Å². The molecule has 5 rings (SSSR count). The molecule has 4 aromatic rings. The van der Waals surface area contributed by atoms with Gasteiger partial charge in [-0.3, -0.25) is 9.36 Å². The molecule has 154 valence electrons. The van der Waals surface area contributed by atoms with Crippen molar-refractivity contribution in [2.75, 3.05) is 0 Å².